The van der Waals surface area contributed by atoms with Gasteiger partial charge in [0.15, 0.2) is 5.69 Å². The van der Waals surface area contributed by atoms with Gasteiger partial charge in [-0.25, -0.2) is 4.79 Å². The minimum absolute atomic E-state index is 0.0214. The van der Waals surface area contributed by atoms with Gasteiger partial charge in [0, 0.05) is 4.88 Å². The number of anilines is 1. The Labute approximate surface area is 67.8 Å². The Morgan fingerprint density at radius 3 is 2.73 bits per heavy atom. The number of carboxylic acids is 1. The lowest BCUT2D eigenvalue weighted by Crippen LogP contribution is -2.01. The smallest absolute Gasteiger partial charge is 0.357 e. The Morgan fingerprint density at radius 1 is 1.82 bits per heavy atom. The third-order valence-electron chi connectivity index (χ3n) is 1.33. The molecule has 0 atom stereocenters. The number of rotatable bonds is 2. The molecule has 0 saturated heterocycles. The minimum atomic E-state index is -1.06. The van der Waals surface area contributed by atoms with Crippen molar-refractivity contribution in [2.75, 3.05) is 5.73 Å². The Bertz CT molecular complexity index is 282. The maximum Gasteiger partial charge on any atom is 0.357 e. The molecule has 0 aromatic carbocycles. The molecule has 1 aromatic heterocycles. The number of aryl methyl sites for hydroxylation is 1. The standard InChI is InChI=1S/C6H8N2O2S/c1-2-3-4(7)5(6(9)10)8-11-3/h2,7H2,1H3,(H,9,10). The van der Waals surface area contributed by atoms with Gasteiger partial charge in [0.2, 0.25) is 0 Å². The summed E-state index contributed by atoms with van der Waals surface area (Å²) < 4.78 is 3.70. The van der Waals surface area contributed by atoms with Gasteiger partial charge in [-0.05, 0) is 18.0 Å². The van der Waals surface area contributed by atoms with E-state index in [1.165, 1.54) is 0 Å². The number of aromatic nitrogens is 1. The van der Waals surface area contributed by atoms with E-state index < -0.39 is 5.97 Å². The molecule has 0 spiro atoms. The van der Waals surface area contributed by atoms with Crippen LogP contribution in [0, 0.1) is 0 Å². The first-order chi connectivity index (χ1) is 5.16. The molecule has 60 valence electrons. The van der Waals surface area contributed by atoms with Crippen LogP contribution in [0.25, 0.3) is 0 Å². The van der Waals surface area contributed by atoms with Crippen molar-refractivity contribution < 1.29 is 9.90 Å². The molecule has 0 radical (unpaired) electrons. The molecule has 3 N–H and O–H groups in total. The largest absolute Gasteiger partial charge is 0.476 e. The first-order valence-corrected chi connectivity index (χ1v) is 3.91. The van der Waals surface area contributed by atoms with Crippen LogP contribution in [0.3, 0.4) is 0 Å². The van der Waals surface area contributed by atoms with Gasteiger partial charge in [0.25, 0.3) is 0 Å². The molecule has 0 unspecified atom stereocenters. The third kappa shape index (κ3) is 1.32. The van der Waals surface area contributed by atoms with Gasteiger partial charge in [-0.3, -0.25) is 0 Å². The molecule has 0 saturated carbocycles. The van der Waals surface area contributed by atoms with Gasteiger partial charge < -0.3 is 10.8 Å². The number of nitrogen functional groups attached to an aromatic ring is 1. The number of nitrogens with two attached hydrogens (primary N) is 1. The van der Waals surface area contributed by atoms with Crippen LogP contribution in [0.15, 0.2) is 0 Å². The van der Waals surface area contributed by atoms with E-state index in [0.717, 1.165) is 22.8 Å². The van der Waals surface area contributed by atoms with Crippen LogP contribution < -0.4 is 5.73 Å². The Hall–Kier alpha value is -1.10. The fourth-order valence-corrected chi connectivity index (χ4v) is 1.44. The molecule has 11 heavy (non-hydrogen) atoms. The van der Waals surface area contributed by atoms with E-state index in [1.54, 1.807) is 0 Å². The summed E-state index contributed by atoms with van der Waals surface area (Å²) in [5.41, 5.74) is 5.77. The lowest BCUT2D eigenvalue weighted by molar-refractivity contribution is 0.0693. The van der Waals surface area contributed by atoms with E-state index in [4.69, 9.17) is 10.8 Å². The summed E-state index contributed by atoms with van der Waals surface area (Å²) in [6, 6.07) is 0. The highest BCUT2D eigenvalue weighted by Gasteiger charge is 2.14. The van der Waals surface area contributed by atoms with Crippen LogP contribution in [-0.2, 0) is 6.42 Å². The van der Waals surface area contributed by atoms with E-state index in [1.807, 2.05) is 6.92 Å². The maximum atomic E-state index is 10.4. The number of carboxylic acid groups (broad SMARTS) is 1. The van der Waals surface area contributed by atoms with E-state index in [9.17, 15) is 4.79 Å². The average Bonchev–Trinajstić information content (AvgIpc) is 2.30. The van der Waals surface area contributed by atoms with Crippen LogP contribution in [0.1, 0.15) is 22.3 Å². The highest BCUT2D eigenvalue weighted by molar-refractivity contribution is 7.06. The maximum absolute atomic E-state index is 10.4. The summed E-state index contributed by atoms with van der Waals surface area (Å²) in [5, 5.41) is 8.54. The molecule has 0 aliphatic carbocycles. The molecule has 0 bridgehead atoms. The van der Waals surface area contributed by atoms with Crippen LogP contribution in [0.2, 0.25) is 0 Å². The molecule has 1 rings (SSSR count). The first kappa shape index (κ1) is 8.00. The topological polar surface area (TPSA) is 76.2 Å². The Kier molecular flexibility index (Phi) is 2.09. The molecule has 0 amide bonds. The predicted molar refractivity (Wildman–Crippen MR) is 42.9 cm³/mol. The second kappa shape index (κ2) is 2.87. The van der Waals surface area contributed by atoms with Gasteiger partial charge >= 0.3 is 5.97 Å². The first-order valence-electron chi connectivity index (χ1n) is 3.14. The lowest BCUT2D eigenvalue weighted by Gasteiger charge is -1.91. The highest BCUT2D eigenvalue weighted by atomic mass is 32.1. The molecule has 0 aliphatic heterocycles. The molecule has 5 heteroatoms. The minimum Gasteiger partial charge on any atom is -0.476 e. The zero-order chi connectivity index (χ0) is 8.43. The van der Waals surface area contributed by atoms with E-state index >= 15 is 0 Å². The molecule has 4 nitrogen and oxygen atoms in total. The third-order valence-corrected chi connectivity index (χ3v) is 2.33. The second-order valence-corrected chi connectivity index (χ2v) is 2.88. The van der Waals surface area contributed by atoms with Crippen LogP contribution >= 0.6 is 11.5 Å². The zero-order valence-electron chi connectivity index (χ0n) is 6.00. The normalized spacial score (nSPS) is 9.91. The van der Waals surface area contributed by atoms with Crippen molar-refractivity contribution >= 4 is 23.2 Å². The van der Waals surface area contributed by atoms with Crippen LogP contribution in [0.5, 0.6) is 0 Å². The van der Waals surface area contributed by atoms with E-state index in [0.29, 0.717) is 5.69 Å². The zero-order valence-corrected chi connectivity index (χ0v) is 6.81. The summed E-state index contributed by atoms with van der Waals surface area (Å²) in [6.45, 7) is 1.91. The molecule has 0 fully saturated rings. The van der Waals surface area contributed by atoms with Gasteiger partial charge in [-0.1, -0.05) is 6.92 Å². The van der Waals surface area contributed by atoms with Gasteiger partial charge in [-0.2, -0.15) is 4.37 Å². The number of hydrogen-bond donors (Lipinski definition) is 2. The quantitative estimate of drug-likeness (QED) is 0.697. The lowest BCUT2D eigenvalue weighted by atomic mass is 10.3. The van der Waals surface area contributed by atoms with Crippen molar-refractivity contribution in [2.24, 2.45) is 0 Å². The predicted octanol–water partition coefficient (Wildman–Crippen LogP) is 0.986. The fraction of sp³-hybridized carbons (Fsp3) is 0.333. The van der Waals surface area contributed by atoms with E-state index in [2.05, 4.69) is 4.37 Å². The number of carbonyl (C=O) groups is 1. The van der Waals surface area contributed by atoms with Crippen molar-refractivity contribution in [3.63, 3.8) is 0 Å². The Morgan fingerprint density at radius 2 is 2.45 bits per heavy atom. The summed E-state index contributed by atoms with van der Waals surface area (Å²) >= 11 is 1.15. The highest BCUT2D eigenvalue weighted by Crippen LogP contribution is 2.21. The van der Waals surface area contributed by atoms with Crippen molar-refractivity contribution in [2.45, 2.75) is 13.3 Å². The monoisotopic (exact) mass is 172 g/mol. The molecule has 0 aliphatic rings. The molecule has 1 aromatic rings. The van der Waals surface area contributed by atoms with Crippen molar-refractivity contribution in [3.8, 4) is 0 Å². The summed E-state index contributed by atoms with van der Waals surface area (Å²) in [4.78, 5) is 11.3. The fourth-order valence-electron chi connectivity index (χ4n) is 0.740. The van der Waals surface area contributed by atoms with Crippen LogP contribution in [0.4, 0.5) is 5.69 Å². The molecular formula is C6H8N2O2S. The van der Waals surface area contributed by atoms with E-state index in [-0.39, 0.29) is 5.69 Å². The number of hydrogen-bond acceptors (Lipinski definition) is 4. The Balaban J connectivity index is 3.10. The summed E-state index contributed by atoms with van der Waals surface area (Å²) in [7, 11) is 0. The number of nitrogens with zero attached hydrogens (tertiary/aromatic N) is 1. The average molecular weight is 172 g/mol. The van der Waals surface area contributed by atoms with Gasteiger partial charge in [0.1, 0.15) is 0 Å². The second-order valence-electron chi connectivity index (χ2n) is 2.03. The number of aromatic carboxylic acids is 1. The summed E-state index contributed by atoms with van der Waals surface area (Å²) in [6.07, 6.45) is 0.733. The van der Waals surface area contributed by atoms with Crippen molar-refractivity contribution in [3.05, 3.63) is 10.6 Å². The van der Waals surface area contributed by atoms with Crippen LogP contribution in [-0.4, -0.2) is 15.4 Å². The molecule has 1 heterocycles. The molecular weight excluding hydrogens is 164 g/mol. The van der Waals surface area contributed by atoms with Gasteiger partial charge in [-0.15, -0.1) is 0 Å². The summed E-state index contributed by atoms with van der Waals surface area (Å²) in [5.74, 6) is -1.06. The van der Waals surface area contributed by atoms with Crippen molar-refractivity contribution in [1.82, 2.24) is 4.37 Å². The van der Waals surface area contributed by atoms with Crippen molar-refractivity contribution in [1.29, 1.82) is 0 Å². The van der Waals surface area contributed by atoms with Gasteiger partial charge in [0.05, 0.1) is 5.69 Å². The SMILES string of the molecule is CCc1snc(C(=O)O)c1N.